The summed E-state index contributed by atoms with van der Waals surface area (Å²) in [5, 5.41) is 11.1. The molecule has 98 valence electrons. The number of nitrogens with one attached hydrogen (secondary N) is 1. The van der Waals surface area contributed by atoms with Crippen molar-refractivity contribution in [1.29, 1.82) is 0 Å². The van der Waals surface area contributed by atoms with E-state index in [1.54, 1.807) is 12.1 Å². The molecule has 0 aliphatic rings. The van der Waals surface area contributed by atoms with Gasteiger partial charge in [-0.05, 0) is 19.1 Å². The number of para-hydroxylation sites is 1. The van der Waals surface area contributed by atoms with E-state index in [0.29, 0.717) is 5.75 Å². The van der Waals surface area contributed by atoms with Crippen molar-refractivity contribution in [3.63, 3.8) is 0 Å². The van der Waals surface area contributed by atoms with Gasteiger partial charge in [-0.3, -0.25) is 9.59 Å². The van der Waals surface area contributed by atoms with Crippen molar-refractivity contribution in [3.8, 4) is 11.5 Å². The highest BCUT2D eigenvalue weighted by Crippen LogP contribution is 2.30. The summed E-state index contributed by atoms with van der Waals surface area (Å²) < 4.78 is 10.2. The average molecular weight is 253 g/mol. The van der Waals surface area contributed by atoms with E-state index in [0.717, 1.165) is 0 Å². The molecule has 0 bridgehead atoms. The molecule has 6 heteroatoms. The standard InChI is InChI=1S/C12H15NO5/c1-7(12(15)16)13-11(14)8-5-4-6-9(17-2)10(8)18-3/h4-7H,1-3H3,(H,13,14)(H,15,16)/t7-/m1/s1. The number of rotatable bonds is 5. The van der Waals surface area contributed by atoms with Crippen molar-refractivity contribution < 1.29 is 24.2 Å². The third-order valence-corrected chi connectivity index (χ3v) is 2.37. The van der Waals surface area contributed by atoms with Crippen LogP contribution in [-0.4, -0.2) is 37.2 Å². The van der Waals surface area contributed by atoms with Gasteiger partial charge in [0.2, 0.25) is 0 Å². The zero-order valence-electron chi connectivity index (χ0n) is 10.4. The number of ether oxygens (including phenoxy) is 2. The van der Waals surface area contributed by atoms with Crippen LogP contribution in [0.15, 0.2) is 18.2 Å². The first-order valence-corrected chi connectivity index (χ1v) is 5.26. The first kappa shape index (κ1) is 13.8. The first-order valence-electron chi connectivity index (χ1n) is 5.26. The molecule has 0 fully saturated rings. The van der Waals surface area contributed by atoms with Gasteiger partial charge in [0.1, 0.15) is 6.04 Å². The van der Waals surface area contributed by atoms with Crippen LogP contribution in [0.3, 0.4) is 0 Å². The summed E-state index contributed by atoms with van der Waals surface area (Å²) in [4.78, 5) is 22.6. The number of hydrogen-bond acceptors (Lipinski definition) is 4. The van der Waals surface area contributed by atoms with Crippen molar-refractivity contribution in [3.05, 3.63) is 23.8 Å². The number of carbonyl (C=O) groups is 2. The summed E-state index contributed by atoms with van der Waals surface area (Å²) in [7, 11) is 2.87. The predicted octanol–water partition coefficient (Wildman–Crippen LogP) is 0.907. The van der Waals surface area contributed by atoms with Crippen LogP contribution in [0.5, 0.6) is 11.5 Å². The molecule has 0 heterocycles. The largest absolute Gasteiger partial charge is 0.493 e. The Morgan fingerprint density at radius 2 is 1.94 bits per heavy atom. The molecule has 1 rings (SSSR count). The van der Waals surface area contributed by atoms with Crippen LogP contribution in [0.2, 0.25) is 0 Å². The van der Waals surface area contributed by atoms with Crippen molar-refractivity contribution in [2.45, 2.75) is 13.0 Å². The molecular weight excluding hydrogens is 238 g/mol. The molecule has 1 aromatic carbocycles. The summed E-state index contributed by atoms with van der Waals surface area (Å²) in [6.07, 6.45) is 0. The Morgan fingerprint density at radius 3 is 2.44 bits per heavy atom. The van der Waals surface area contributed by atoms with Crippen LogP contribution >= 0.6 is 0 Å². The van der Waals surface area contributed by atoms with E-state index in [1.807, 2.05) is 0 Å². The number of methoxy groups -OCH3 is 2. The van der Waals surface area contributed by atoms with Crippen molar-refractivity contribution in [2.75, 3.05) is 14.2 Å². The van der Waals surface area contributed by atoms with Crippen LogP contribution in [0.25, 0.3) is 0 Å². The highest BCUT2D eigenvalue weighted by atomic mass is 16.5. The summed E-state index contributed by atoms with van der Waals surface area (Å²) in [6, 6.07) is 3.83. The number of aliphatic carboxylic acids is 1. The lowest BCUT2D eigenvalue weighted by Gasteiger charge is -2.14. The second-order valence-corrected chi connectivity index (χ2v) is 3.57. The van der Waals surface area contributed by atoms with Crippen molar-refractivity contribution in [2.24, 2.45) is 0 Å². The number of carbonyl (C=O) groups excluding carboxylic acids is 1. The second kappa shape index (κ2) is 5.90. The number of benzene rings is 1. The van der Waals surface area contributed by atoms with Gasteiger partial charge in [0.25, 0.3) is 5.91 Å². The van der Waals surface area contributed by atoms with Crippen molar-refractivity contribution in [1.82, 2.24) is 5.32 Å². The Bertz CT molecular complexity index is 458. The molecule has 0 spiro atoms. The van der Waals surface area contributed by atoms with Crippen LogP contribution in [0.1, 0.15) is 17.3 Å². The lowest BCUT2D eigenvalue weighted by Crippen LogP contribution is -2.38. The maximum atomic E-state index is 11.9. The average Bonchev–Trinajstić information content (AvgIpc) is 2.37. The molecule has 0 unspecified atom stereocenters. The number of amides is 1. The maximum Gasteiger partial charge on any atom is 0.325 e. The van der Waals surface area contributed by atoms with Gasteiger partial charge in [-0.1, -0.05) is 6.07 Å². The number of hydrogen-bond donors (Lipinski definition) is 2. The van der Waals surface area contributed by atoms with Crippen LogP contribution in [0.4, 0.5) is 0 Å². The van der Waals surface area contributed by atoms with E-state index < -0.39 is 17.9 Å². The van der Waals surface area contributed by atoms with E-state index in [4.69, 9.17) is 14.6 Å². The van der Waals surface area contributed by atoms with Gasteiger partial charge in [-0.15, -0.1) is 0 Å². The van der Waals surface area contributed by atoms with E-state index in [-0.39, 0.29) is 11.3 Å². The summed E-state index contributed by atoms with van der Waals surface area (Å²) in [5.41, 5.74) is 0.227. The minimum Gasteiger partial charge on any atom is -0.493 e. The lowest BCUT2D eigenvalue weighted by molar-refractivity contribution is -0.138. The summed E-state index contributed by atoms with van der Waals surface area (Å²) in [6.45, 7) is 1.38. The molecule has 18 heavy (non-hydrogen) atoms. The smallest absolute Gasteiger partial charge is 0.325 e. The molecule has 0 aliphatic heterocycles. The Hall–Kier alpha value is -2.24. The molecule has 0 aromatic heterocycles. The molecule has 2 N–H and O–H groups in total. The Morgan fingerprint density at radius 1 is 1.28 bits per heavy atom. The number of carboxylic acid groups (broad SMARTS) is 1. The second-order valence-electron chi connectivity index (χ2n) is 3.57. The third kappa shape index (κ3) is 2.91. The third-order valence-electron chi connectivity index (χ3n) is 2.37. The fourth-order valence-electron chi connectivity index (χ4n) is 1.40. The molecule has 1 aromatic rings. The molecule has 0 saturated heterocycles. The molecular formula is C12H15NO5. The zero-order valence-corrected chi connectivity index (χ0v) is 10.4. The van der Waals surface area contributed by atoms with Gasteiger partial charge in [0.05, 0.1) is 19.8 Å². The highest BCUT2D eigenvalue weighted by molar-refractivity contribution is 5.99. The molecule has 1 amide bonds. The fraction of sp³-hybridized carbons (Fsp3) is 0.333. The van der Waals surface area contributed by atoms with Gasteiger partial charge in [-0.25, -0.2) is 0 Å². The monoisotopic (exact) mass is 253 g/mol. The topological polar surface area (TPSA) is 84.9 Å². The van der Waals surface area contributed by atoms with Crippen LogP contribution in [-0.2, 0) is 4.79 Å². The fourth-order valence-corrected chi connectivity index (χ4v) is 1.40. The SMILES string of the molecule is COc1cccc(C(=O)N[C@H](C)C(=O)O)c1OC. The molecule has 6 nitrogen and oxygen atoms in total. The van der Waals surface area contributed by atoms with Gasteiger partial charge in [0, 0.05) is 0 Å². The first-order chi connectivity index (χ1) is 8.51. The molecule has 1 atom stereocenters. The van der Waals surface area contributed by atoms with E-state index in [2.05, 4.69) is 5.32 Å². The van der Waals surface area contributed by atoms with E-state index >= 15 is 0 Å². The van der Waals surface area contributed by atoms with E-state index in [9.17, 15) is 9.59 Å². The maximum absolute atomic E-state index is 11.9. The normalized spacial score (nSPS) is 11.5. The Labute approximate surface area is 105 Å². The molecule has 0 radical (unpaired) electrons. The lowest BCUT2D eigenvalue weighted by atomic mass is 10.1. The molecule has 0 saturated carbocycles. The van der Waals surface area contributed by atoms with Gasteiger partial charge < -0.3 is 19.9 Å². The van der Waals surface area contributed by atoms with Crippen molar-refractivity contribution >= 4 is 11.9 Å². The van der Waals surface area contributed by atoms with Gasteiger partial charge >= 0.3 is 5.97 Å². The Balaban J connectivity index is 3.02. The minimum atomic E-state index is -1.11. The summed E-state index contributed by atoms with van der Waals surface area (Å²) >= 11 is 0. The molecule has 0 aliphatic carbocycles. The predicted molar refractivity (Wildman–Crippen MR) is 64.1 cm³/mol. The highest BCUT2D eigenvalue weighted by Gasteiger charge is 2.20. The Kier molecular flexibility index (Phi) is 4.53. The number of carboxylic acids is 1. The zero-order chi connectivity index (χ0) is 13.7. The van der Waals surface area contributed by atoms with Crippen LogP contribution in [0, 0.1) is 0 Å². The van der Waals surface area contributed by atoms with Gasteiger partial charge in [0.15, 0.2) is 11.5 Å². The summed E-state index contributed by atoms with van der Waals surface area (Å²) in [5.74, 6) is -0.950. The van der Waals surface area contributed by atoms with E-state index in [1.165, 1.54) is 27.2 Å². The van der Waals surface area contributed by atoms with Gasteiger partial charge in [-0.2, -0.15) is 0 Å². The van der Waals surface area contributed by atoms with Crippen LogP contribution < -0.4 is 14.8 Å². The quantitative estimate of drug-likeness (QED) is 0.814. The minimum absolute atomic E-state index is 0.227.